The molecular formula is C15H19N3O3. The molecule has 0 aliphatic carbocycles. The van der Waals surface area contributed by atoms with Crippen LogP contribution in [-0.2, 0) is 11.2 Å². The minimum atomic E-state index is -0.347. The van der Waals surface area contributed by atoms with E-state index in [2.05, 4.69) is 10.1 Å². The van der Waals surface area contributed by atoms with Crippen LogP contribution in [-0.4, -0.2) is 28.5 Å². The zero-order valence-electron chi connectivity index (χ0n) is 11.7. The molecule has 1 unspecified atom stereocenters. The van der Waals surface area contributed by atoms with Gasteiger partial charge in [0.2, 0.25) is 5.89 Å². The first kappa shape index (κ1) is 14.0. The smallest absolute Gasteiger partial charge is 0.243 e. The van der Waals surface area contributed by atoms with Gasteiger partial charge < -0.3 is 20.1 Å². The largest absolute Gasteiger partial charge is 0.508 e. The Morgan fingerprint density at radius 3 is 2.86 bits per heavy atom. The van der Waals surface area contributed by atoms with E-state index in [0.717, 1.165) is 25.0 Å². The molecule has 2 aromatic rings. The summed E-state index contributed by atoms with van der Waals surface area (Å²) in [6.45, 7) is 1.45. The number of aromatic nitrogens is 2. The first-order chi connectivity index (χ1) is 10.2. The quantitative estimate of drug-likeness (QED) is 0.893. The van der Waals surface area contributed by atoms with E-state index in [4.69, 9.17) is 15.0 Å². The van der Waals surface area contributed by atoms with Gasteiger partial charge in [0, 0.05) is 12.5 Å². The van der Waals surface area contributed by atoms with Crippen LogP contribution in [0.15, 0.2) is 28.8 Å². The SMILES string of the molecule is N[C@H](Cc1ccc(O)cc1)c1nc(C2CCCOC2)no1. The number of ether oxygens (including phenoxy) is 1. The molecule has 21 heavy (non-hydrogen) atoms. The van der Waals surface area contributed by atoms with Gasteiger partial charge >= 0.3 is 0 Å². The Kier molecular flexibility index (Phi) is 4.17. The molecule has 1 aliphatic rings. The highest BCUT2D eigenvalue weighted by Gasteiger charge is 2.23. The molecule has 112 valence electrons. The summed E-state index contributed by atoms with van der Waals surface area (Å²) in [6, 6.07) is 6.60. The molecule has 1 fully saturated rings. The van der Waals surface area contributed by atoms with E-state index >= 15 is 0 Å². The van der Waals surface area contributed by atoms with Crippen LogP contribution >= 0.6 is 0 Å². The molecule has 6 heteroatoms. The van der Waals surface area contributed by atoms with Crippen molar-refractivity contribution in [2.45, 2.75) is 31.2 Å². The molecule has 0 spiro atoms. The number of benzene rings is 1. The van der Waals surface area contributed by atoms with E-state index in [0.29, 0.717) is 24.7 Å². The molecule has 0 bridgehead atoms. The molecule has 1 aromatic carbocycles. The third kappa shape index (κ3) is 3.40. The van der Waals surface area contributed by atoms with Gasteiger partial charge in [-0.25, -0.2) is 0 Å². The highest BCUT2D eigenvalue weighted by atomic mass is 16.5. The fourth-order valence-corrected chi connectivity index (χ4v) is 2.48. The van der Waals surface area contributed by atoms with Crippen molar-refractivity contribution in [3.63, 3.8) is 0 Å². The number of nitrogens with two attached hydrogens (primary N) is 1. The fourth-order valence-electron chi connectivity index (χ4n) is 2.48. The Labute approximate surface area is 122 Å². The second-order valence-electron chi connectivity index (χ2n) is 5.38. The van der Waals surface area contributed by atoms with Crippen LogP contribution < -0.4 is 5.73 Å². The van der Waals surface area contributed by atoms with Crippen molar-refractivity contribution in [3.05, 3.63) is 41.5 Å². The first-order valence-electron chi connectivity index (χ1n) is 7.17. The van der Waals surface area contributed by atoms with Crippen LogP contribution in [0.5, 0.6) is 5.75 Å². The van der Waals surface area contributed by atoms with Crippen LogP contribution in [0.1, 0.15) is 42.1 Å². The highest BCUT2D eigenvalue weighted by Crippen LogP contribution is 2.24. The average Bonchev–Trinajstić information content (AvgIpc) is 3.00. The molecule has 1 aromatic heterocycles. The predicted molar refractivity (Wildman–Crippen MR) is 75.8 cm³/mol. The van der Waals surface area contributed by atoms with Crippen molar-refractivity contribution < 1.29 is 14.4 Å². The van der Waals surface area contributed by atoms with Gasteiger partial charge in [-0.05, 0) is 37.0 Å². The molecule has 0 saturated carbocycles. The number of phenols is 1. The Hall–Kier alpha value is -1.92. The van der Waals surface area contributed by atoms with Gasteiger partial charge in [-0.1, -0.05) is 17.3 Å². The Bertz CT molecular complexity index is 576. The molecule has 1 saturated heterocycles. The molecule has 0 amide bonds. The lowest BCUT2D eigenvalue weighted by Crippen LogP contribution is -2.17. The van der Waals surface area contributed by atoms with Gasteiger partial charge in [0.05, 0.1) is 12.6 Å². The van der Waals surface area contributed by atoms with Crippen LogP contribution in [0, 0.1) is 0 Å². The van der Waals surface area contributed by atoms with Crippen LogP contribution in [0.3, 0.4) is 0 Å². The van der Waals surface area contributed by atoms with Crippen molar-refractivity contribution in [1.82, 2.24) is 10.1 Å². The van der Waals surface area contributed by atoms with E-state index in [1.165, 1.54) is 0 Å². The molecule has 1 aliphatic heterocycles. The van der Waals surface area contributed by atoms with Crippen molar-refractivity contribution in [2.75, 3.05) is 13.2 Å². The third-order valence-electron chi connectivity index (χ3n) is 3.69. The molecule has 2 atom stereocenters. The van der Waals surface area contributed by atoms with Crippen molar-refractivity contribution in [2.24, 2.45) is 5.73 Å². The van der Waals surface area contributed by atoms with Crippen LogP contribution in [0.25, 0.3) is 0 Å². The lowest BCUT2D eigenvalue weighted by Gasteiger charge is -2.18. The number of nitrogens with zero attached hydrogens (tertiary/aromatic N) is 2. The highest BCUT2D eigenvalue weighted by molar-refractivity contribution is 5.26. The van der Waals surface area contributed by atoms with E-state index < -0.39 is 0 Å². The molecule has 6 nitrogen and oxygen atoms in total. The molecule has 3 N–H and O–H groups in total. The first-order valence-corrected chi connectivity index (χ1v) is 7.17. The standard InChI is InChI=1S/C15H19N3O3/c16-13(8-10-3-5-12(19)6-4-10)15-17-14(18-21-15)11-2-1-7-20-9-11/h3-6,11,13,19H,1-2,7-9,16H2/t11?,13-/m1/s1. The van der Waals surface area contributed by atoms with Crippen LogP contribution in [0.4, 0.5) is 0 Å². The van der Waals surface area contributed by atoms with Crippen molar-refractivity contribution >= 4 is 0 Å². The monoisotopic (exact) mass is 289 g/mol. The molecular weight excluding hydrogens is 270 g/mol. The van der Waals surface area contributed by atoms with Gasteiger partial charge in [-0.3, -0.25) is 0 Å². The van der Waals surface area contributed by atoms with Gasteiger partial charge in [0.15, 0.2) is 5.82 Å². The fraction of sp³-hybridized carbons (Fsp3) is 0.467. The van der Waals surface area contributed by atoms with Crippen molar-refractivity contribution in [3.8, 4) is 5.75 Å². The zero-order chi connectivity index (χ0) is 14.7. The number of hydrogen-bond donors (Lipinski definition) is 2. The number of hydrogen-bond acceptors (Lipinski definition) is 6. The lowest BCUT2D eigenvalue weighted by molar-refractivity contribution is 0.0773. The third-order valence-corrected chi connectivity index (χ3v) is 3.69. The maximum atomic E-state index is 9.27. The van der Waals surface area contributed by atoms with E-state index in [-0.39, 0.29) is 17.7 Å². The van der Waals surface area contributed by atoms with Gasteiger partial charge in [-0.2, -0.15) is 4.98 Å². The Morgan fingerprint density at radius 2 is 2.14 bits per heavy atom. The summed E-state index contributed by atoms with van der Waals surface area (Å²) in [5.74, 6) is 1.58. The van der Waals surface area contributed by atoms with E-state index in [1.807, 2.05) is 12.1 Å². The summed E-state index contributed by atoms with van der Waals surface area (Å²) in [5.41, 5.74) is 7.13. The maximum Gasteiger partial charge on any atom is 0.243 e. The number of aromatic hydroxyl groups is 1. The summed E-state index contributed by atoms with van der Waals surface area (Å²) in [6.07, 6.45) is 2.63. The average molecular weight is 289 g/mol. The topological polar surface area (TPSA) is 94.4 Å². The summed E-state index contributed by atoms with van der Waals surface area (Å²) < 4.78 is 10.7. The molecule has 2 heterocycles. The zero-order valence-corrected chi connectivity index (χ0v) is 11.7. The number of phenolic OH excluding ortho intramolecular Hbond substituents is 1. The second kappa shape index (κ2) is 6.24. The van der Waals surface area contributed by atoms with Gasteiger partial charge in [-0.15, -0.1) is 0 Å². The normalized spacial score (nSPS) is 20.3. The van der Waals surface area contributed by atoms with Crippen molar-refractivity contribution in [1.29, 1.82) is 0 Å². The summed E-state index contributed by atoms with van der Waals surface area (Å²) in [7, 11) is 0. The van der Waals surface area contributed by atoms with E-state index in [1.54, 1.807) is 12.1 Å². The Balaban J connectivity index is 1.65. The Morgan fingerprint density at radius 1 is 1.33 bits per heavy atom. The molecule has 0 radical (unpaired) electrons. The summed E-state index contributed by atoms with van der Waals surface area (Å²) in [4.78, 5) is 4.42. The summed E-state index contributed by atoms with van der Waals surface area (Å²) >= 11 is 0. The predicted octanol–water partition coefficient (Wildman–Crippen LogP) is 1.91. The number of rotatable bonds is 4. The molecule has 3 rings (SSSR count). The second-order valence-corrected chi connectivity index (χ2v) is 5.38. The minimum Gasteiger partial charge on any atom is -0.508 e. The summed E-state index contributed by atoms with van der Waals surface area (Å²) in [5, 5.41) is 13.3. The van der Waals surface area contributed by atoms with Gasteiger partial charge in [0.1, 0.15) is 5.75 Å². The van der Waals surface area contributed by atoms with E-state index in [9.17, 15) is 5.11 Å². The lowest BCUT2D eigenvalue weighted by atomic mass is 10.0. The minimum absolute atomic E-state index is 0.206. The van der Waals surface area contributed by atoms with Crippen LogP contribution in [0.2, 0.25) is 0 Å². The maximum absolute atomic E-state index is 9.27. The van der Waals surface area contributed by atoms with Gasteiger partial charge in [0.25, 0.3) is 0 Å².